The molecule has 0 saturated carbocycles. The smallest absolute Gasteiger partial charge is 0.248 e. The van der Waals surface area contributed by atoms with E-state index in [0.717, 1.165) is 11.1 Å². The lowest BCUT2D eigenvalue weighted by Crippen LogP contribution is -2.21. The van der Waals surface area contributed by atoms with Crippen LogP contribution in [0.1, 0.15) is 0 Å². The quantitative estimate of drug-likeness (QED) is 0.725. The van der Waals surface area contributed by atoms with Crippen LogP contribution in [0.5, 0.6) is 0 Å². The third kappa shape index (κ3) is 4.09. The number of para-hydroxylation sites is 1. The van der Waals surface area contributed by atoms with Crippen LogP contribution in [0.4, 0.5) is 10.1 Å². The molecule has 10 heteroatoms. The second-order valence-electron chi connectivity index (χ2n) is 5.47. The van der Waals surface area contributed by atoms with Gasteiger partial charge < -0.3 is 5.32 Å². The summed E-state index contributed by atoms with van der Waals surface area (Å²) in [5, 5.41) is 14.1. The Balaban J connectivity index is 1.70. The van der Waals surface area contributed by atoms with Crippen LogP contribution in [0.2, 0.25) is 0 Å². The lowest BCUT2D eigenvalue weighted by molar-refractivity contribution is -0.117. The molecular formula is C16H14FN5O3S. The molecule has 26 heavy (non-hydrogen) atoms. The third-order valence-corrected chi connectivity index (χ3v) is 4.55. The number of carbonyl (C=O) groups is 1. The number of carbonyl (C=O) groups excluding carboxylic acids is 1. The van der Waals surface area contributed by atoms with Crippen molar-refractivity contribution in [1.29, 1.82) is 0 Å². The van der Waals surface area contributed by atoms with Crippen LogP contribution in [0.25, 0.3) is 11.4 Å². The summed E-state index contributed by atoms with van der Waals surface area (Å²) in [5.41, 5.74) is 0.618. The maximum Gasteiger partial charge on any atom is 0.248 e. The van der Waals surface area contributed by atoms with Crippen LogP contribution in [-0.4, -0.2) is 40.8 Å². The molecule has 134 valence electrons. The Bertz CT molecular complexity index is 1050. The van der Waals surface area contributed by atoms with Gasteiger partial charge in [0.25, 0.3) is 0 Å². The minimum atomic E-state index is -3.29. The lowest BCUT2D eigenvalue weighted by atomic mass is 10.2. The number of sulfone groups is 1. The topological polar surface area (TPSA) is 107 Å². The number of halogens is 1. The summed E-state index contributed by atoms with van der Waals surface area (Å²) < 4.78 is 36.4. The molecule has 8 nitrogen and oxygen atoms in total. The van der Waals surface area contributed by atoms with Gasteiger partial charge in [0.05, 0.1) is 10.6 Å². The Labute approximate surface area is 148 Å². The van der Waals surface area contributed by atoms with E-state index in [1.807, 2.05) is 0 Å². The zero-order chi connectivity index (χ0) is 18.7. The molecule has 2 aromatic carbocycles. The van der Waals surface area contributed by atoms with E-state index in [2.05, 4.69) is 20.7 Å². The van der Waals surface area contributed by atoms with Gasteiger partial charge in [0.15, 0.2) is 9.84 Å². The Kier molecular flexibility index (Phi) is 4.76. The normalized spacial score (nSPS) is 11.3. The van der Waals surface area contributed by atoms with Gasteiger partial charge in [-0.15, -0.1) is 10.2 Å². The van der Waals surface area contributed by atoms with E-state index in [-0.39, 0.29) is 23.0 Å². The fourth-order valence-corrected chi connectivity index (χ4v) is 2.79. The first-order chi connectivity index (χ1) is 12.3. The average Bonchev–Trinajstić information content (AvgIpc) is 3.05. The van der Waals surface area contributed by atoms with Crippen molar-refractivity contribution in [2.24, 2.45) is 0 Å². The molecule has 0 spiro atoms. The highest BCUT2D eigenvalue weighted by atomic mass is 32.2. The Hall–Kier alpha value is -3.14. The minimum absolute atomic E-state index is 0.0641. The number of hydrogen-bond acceptors (Lipinski definition) is 6. The number of tetrazole rings is 1. The zero-order valence-corrected chi connectivity index (χ0v) is 14.4. The van der Waals surface area contributed by atoms with Crippen LogP contribution in [0.15, 0.2) is 53.4 Å². The number of nitrogens with one attached hydrogen (secondary N) is 1. The highest BCUT2D eigenvalue weighted by molar-refractivity contribution is 7.90. The van der Waals surface area contributed by atoms with E-state index in [9.17, 15) is 17.6 Å². The van der Waals surface area contributed by atoms with Gasteiger partial charge >= 0.3 is 0 Å². The van der Waals surface area contributed by atoms with E-state index >= 15 is 0 Å². The van der Waals surface area contributed by atoms with Crippen molar-refractivity contribution in [3.63, 3.8) is 0 Å². The van der Waals surface area contributed by atoms with Crippen LogP contribution in [0.3, 0.4) is 0 Å². The van der Waals surface area contributed by atoms with Crippen LogP contribution < -0.4 is 5.32 Å². The molecule has 1 amide bonds. The second kappa shape index (κ2) is 7.00. The molecule has 0 aliphatic heterocycles. The molecule has 0 saturated heterocycles. The molecule has 0 bridgehead atoms. The summed E-state index contributed by atoms with van der Waals surface area (Å²) in [6, 6.07) is 11.8. The highest BCUT2D eigenvalue weighted by Crippen LogP contribution is 2.17. The molecular weight excluding hydrogens is 361 g/mol. The highest BCUT2D eigenvalue weighted by Gasteiger charge is 2.12. The van der Waals surface area contributed by atoms with Crippen LogP contribution in [0, 0.1) is 5.82 Å². The van der Waals surface area contributed by atoms with Crippen molar-refractivity contribution in [2.75, 3.05) is 11.6 Å². The summed E-state index contributed by atoms with van der Waals surface area (Å²) in [6.45, 7) is -0.247. The van der Waals surface area contributed by atoms with Crippen molar-refractivity contribution >= 4 is 21.4 Å². The van der Waals surface area contributed by atoms with E-state index in [1.165, 1.54) is 30.3 Å². The number of hydrogen-bond donors (Lipinski definition) is 1. The van der Waals surface area contributed by atoms with Gasteiger partial charge in [-0.05, 0) is 41.6 Å². The average molecular weight is 375 g/mol. The molecule has 3 rings (SSSR count). The van der Waals surface area contributed by atoms with Gasteiger partial charge in [-0.3, -0.25) is 4.79 Å². The van der Waals surface area contributed by atoms with Crippen molar-refractivity contribution < 1.29 is 17.6 Å². The second-order valence-corrected chi connectivity index (χ2v) is 7.48. The Morgan fingerprint density at radius 3 is 2.50 bits per heavy atom. The van der Waals surface area contributed by atoms with Gasteiger partial charge in [-0.25, -0.2) is 12.8 Å². The molecule has 0 radical (unpaired) electrons. The van der Waals surface area contributed by atoms with E-state index in [1.54, 1.807) is 18.2 Å². The first-order valence-corrected chi connectivity index (χ1v) is 9.35. The number of benzene rings is 2. The predicted molar refractivity (Wildman–Crippen MR) is 91.4 cm³/mol. The molecule has 0 unspecified atom stereocenters. The van der Waals surface area contributed by atoms with Gasteiger partial charge in [0.2, 0.25) is 11.7 Å². The molecule has 0 aliphatic rings. The van der Waals surface area contributed by atoms with Crippen molar-refractivity contribution in [3.05, 3.63) is 54.3 Å². The van der Waals surface area contributed by atoms with Gasteiger partial charge in [0, 0.05) is 11.8 Å². The van der Waals surface area contributed by atoms with Gasteiger partial charge in [-0.1, -0.05) is 12.1 Å². The maximum absolute atomic E-state index is 13.5. The molecule has 1 heterocycles. The lowest BCUT2D eigenvalue weighted by Gasteiger charge is -2.05. The fourth-order valence-electron chi connectivity index (χ4n) is 2.16. The summed E-state index contributed by atoms with van der Waals surface area (Å²) in [7, 11) is -3.29. The minimum Gasteiger partial charge on any atom is -0.322 e. The van der Waals surface area contributed by atoms with E-state index < -0.39 is 21.6 Å². The molecule has 1 aromatic heterocycles. The third-order valence-electron chi connectivity index (χ3n) is 3.43. The number of aromatic nitrogens is 4. The van der Waals surface area contributed by atoms with Gasteiger partial charge in [-0.2, -0.15) is 4.80 Å². The Morgan fingerprint density at radius 2 is 1.85 bits per heavy atom. The molecule has 0 fully saturated rings. The summed E-state index contributed by atoms with van der Waals surface area (Å²) in [5.74, 6) is -0.811. The number of nitrogens with zero attached hydrogens (tertiary/aromatic N) is 4. The number of rotatable bonds is 5. The molecule has 3 aromatic rings. The maximum atomic E-state index is 13.5. The molecule has 0 aliphatic carbocycles. The number of anilines is 1. The van der Waals surface area contributed by atoms with Crippen molar-refractivity contribution in [1.82, 2.24) is 20.2 Å². The standard InChI is InChI=1S/C16H14FN5O3S/c1-26(24,25)12-8-6-11(7-9-12)16-19-21-22(20-16)10-15(23)18-14-5-3-2-4-13(14)17/h2-9H,10H2,1H3,(H,18,23). The Morgan fingerprint density at radius 1 is 1.15 bits per heavy atom. The van der Waals surface area contributed by atoms with Gasteiger partial charge in [0.1, 0.15) is 12.4 Å². The monoisotopic (exact) mass is 375 g/mol. The van der Waals surface area contributed by atoms with Crippen molar-refractivity contribution in [3.8, 4) is 11.4 Å². The van der Waals surface area contributed by atoms with Crippen LogP contribution in [-0.2, 0) is 21.2 Å². The predicted octanol–water partition coefficient (Wildman–Crippen LogP) is 1.52. The van der Waals surface area contributed by atoms with Crippen LogP contribution >= 0.6 is 0 Å². The van der Waals surface area contributed by atoms with E-state index in [4.69, 9.17) is 0 Å². The largest absolute Gasteiger partial charge is 0.322 e. The zero-order valence-electron chi connectivity index (χ0n) is 13.6. The van der Waals surface area contributed by atoms with E-state index in [0.29, 0.717) is 5.56 Å². The number of amides is 1. The first kappa shape index (κ1) is 17.7. The van der Waals surface area contributed by atoms with Crippen molar-refractivity contribution in [2.45, 2.75) is 11.4 Å². The summed E-state index contributed by atoms with van der Waals surface area (Å²) in [4.78, 5) is 13.2. The first-order valence-electron chi connectivity index (χ1n) is 7.45. The SMILES string of the molecule is CS(=O)(=O)c1ccc(-c2nnn(CC(=O)Nc3ccccc3F)n2)cc1. The molecule has 1 N–H and O–H groups in total. The molecule has 0 atom stereocenters. The summed E-state index contributed by atoms with van der Waals surface area (Å²) >= 11 is 0. The summed E-state index contributed by atoms with van der Waals surface area (Å²) in [6.07, 6.45) is 1.12. The fraction of sp³-hybridized carbons (Fsp3) is 0.125.